The zero-order valence-corrected chi connectivity index (χ0v) is 13.0. The number of fused-ring (bicyclic) bond motifs is 1. The van der Waals surface area contributed by atoms with Crippen LogP contribution >= 0.6 is 0 Å². The SMILES string of the molecule is CCNC(c1cncc(C)c1)C1CCCc2ccccc21. The molecule has 3 rings (SSSR count). The zero-order valence-electron chi connectivity index (χ0n) is 13.0. The van der Waals surface area contributed by atoms with Gasteiger partial charge in [0.15, 0.2) is 0 Å². The summed E-state index contributed by atoms with van der Waals surface area (Å²) < 4.78 is 0. The van der Waals surface area contributed by atoms with Crippen LogP contribution in [0.2, 0.25) is 0 Å². The van der Waals surface area contributed by atoms with Crippen molar-refractivity contribution in [2.45, 2.75) is 45.1 Å². The molecule has 1 aromatic carbocycles. The van der Waals surface area contributed by atoms with E-state index in [-0.39, 0.29) is 0 Å². The molecule has 1 aromatic heterocycles. The van der Waals surface area contributed by atoms with Gasteiger partial charge in [0, 0.05) is 24.4 Å². The van der Waals surface area contributed by atoms with Crippen LogP contribution in [0.4, 0.5) is 0 Å². The van der Waals surface area contributed by atoms with Crippen molar-refractivity contribution in [1.29, 1.82) is 0 Å². The van der Waals surface area contributed by atoms with Crippen molar-refractivity contribution in [3.8, 4) is 0 Å². The van der Waals surface area contributed by atoms with Crippen molar-refractivity contribution in [2.24, 2.45) is 0 Å². The smallest absolute Gasteiger partial charge is 0.0405 e. The number of benzene rings is 1. The highest BCUT2D eigenvalue weighted by Gasteiger charge is 2.28. The first-order valence-corrected chi connectivity index (χ1v) is 8.02. The number of pyridine rings is 1. The van der Waals surface area contributed by atoms with Crippen molar-refractivity contribution in [3.63, 3.8) is 0 Å². The number of aromatic nitrogens is 1. The maximum atomic E-state index is 4.40. The number of rotatable bonds is 4. The summed E-state index contributed by atoms with van der Waals surface area (Å²) in [5, 5.41) is 3.70. The van der Waals surface area contributed by atoms with Crippen molar-refractivity contribution in [2.75, 3.05) is 6.54 Å². The zero-order chi connectivity index (χ0) is 14.7. The Morgan fingerprint density at radius 1 is 1.29 bits per heavy atom. The van der Waals surface area contributed by atoms with Crippen molar-refractivity contribution in [1.82, 2.24) is 10.3 Å². The Bertz CT molecular complexity index is 606. The summed E-state index contributed by atoms with van der Waals surface area (Å²) in [6.07, 6.45) is 7.71. The van der Waals surface area contributed by atoms with Gasteiger partial charge in [-0.3, -0.25) is 4.98 Å². The molecule has 2 nitrogen and oxygen atoms in total. The van der Waals surface area contributed by atoms with Crippen LogP contribution in [0.25, 0.3) is 0 Å². The summed E-state index contributed by atoms with van der Waals surface area (Å²) in [5.74, 6) is 0.554. The van der Waals surface area contributed by atoms with Gasteiger partial charge in [-0.15, -0.1) is 0 Å². The molecule has 2 unspecified atom stereocenters. The third-order valence-electron chi connectivity index (χ3n) is 4.50. The normalized spacial score (nSPS) is 19.0. The quantitative estimate of drug-likeness (QED) is 0.909. The number of likely N-dealkylation sites (N-methyl/N-ethyl adjacent to an activating group) is 1. The minimum atomic E-state index is 0.365. The standard InChI is InChI=1S/C19H24N2/c1-3-21-19(16-11-14(2)12-20-13-16)18-10-6-8-15-7-4-5-9-17(15)18/h4-5,7,9,11-13,18-19,21H,3,6,8,10H2,1-2H3. The van der Waals surface area contributed by atoms with Gasteiger partial charge < -0.3 is 5.32 Å². The lowest BCUT2D eigenvalue weighted by Gasteiger charge is -2.33. The van der Waals surface area contributed by atoms with Gasteiger partial charge in [0.25, 0.3) is 0 Å². The summed E-state index contributed by atoms with van der Waals surface area (Å²) in [6, 6.07) is 11.6. The van der Waals surface area contributed by atoms with E-state index in [1.54, 1.807) is 0 Å². The van der Waals surface area contributed by atoms with Crippen LogP contribution in [-0.2, 0) is 6.42 Å². The van der Waals surface area contributed by atoms with E-state index in [1.165, 1.54) is 41.5 Å². The molecule has 1 N–H and O–H groups in total. The topological polar surface area (TPSA) is 24.9 Å². The van der Waals surface area contributed by atoms with Crippen LogP contribution in [0.3, 0.4) is 0 Å². The predicted molar refractivity (Wildman–Crippen MR) is 87.5 cm³/mol. The van der Waals surface area contributed by atoms with Gasteiger partial charge in [0.05, 0.1) is 0 Å². The number of nitrogens with zero attached hydrogens (tertiary/aromatic N) is 1. The van der Waals surface area contributed by atoms with Crippen LogP contribution in [0.1, 0.15) is 54.0 Å². The number of hydrogen-bond acceptors (Lipinski definition) is 2. The molecule has 0 saturated heterocycles. The molecule has 0 amide bonds. The molecule has 0 spiro atoms. The van der Waals surface area contributed by atoms with E-state index in [0.29, 0.717) is 12.0 Å². The van der Waals surface area contributed by atoms with E-state index >= 15 is 0 Å². The van der Waals surface area contributed by atoms with E-state index < -0.39 is 0 Å². The Labute approximate surface area is 127 Å². The van der Waals surface area contributed by atoms with Crippen molar-refractivity contribution in [3.05, 3.63) is 65.0 Å². The Kier molecular flexibility index (Phi) is 4.35. The van der Waals surface area contributed by atoms with Crippen LogP contribution in [0.5, 0.6) is 0 Å². The molecule has 21 heavy (non-hydrogen) atoms. The second kappa shape index (κ2) is 6.40. The predicted octanol–water partition coefficient (Wildman–Crippen LogP) is 4.16. The largest absolute Gasteiger partial charge is 0.310 e. The third-order valence-corrected chi connectivity index (χ3v) is 4.50. The Hall–Kier alpha value is -1.67. The van der Waals surface area contributed by atoms with Gasteiger partial charge in [-0.2, -0.15) is 0 Å². The Morgan fingerprint density at radius 3 is 2.95 bits per heavy atom. The first-order valence-electron chi connectivity index (χ1n) is 8.02. The van der Waals surface area contributed by atoms with E-state index in [4.69, 9.17) is 0 Å². The number of hydrogen-bond donors (Lipinski definition) is 1. The Morgan fingerprint density at radius 2 is 2.14 bits per heavy atom. The second-order valence-corrected chi connectivity index (χ2v) is 6.03. The minimum Gasteiger partial charge on any atom is -0.310 e. The second-order valence-electron chi connectivity index (χ2n) is 6.03. The summed E-state index contributed by atoms with van der Waals surface area (Å²) >= 11 is 0. The minimum absolute atomic E-state index is 0.365. The molecule has 0 bridgehead atoms. The van der Waals surface area contributed by atoms with Gasteiger partial charge in [0.1, 0.15) is 0 Å². The van der Waals surface area contributed by atoms with Crippen LogP contribution in [0.15, 0.2) is 42.7 Å². The average Bonchev–Trinajstić information content (AvgIpc) is 2.52. The van der Waals surface area contributed by atoms with Crippen LogP contribution in [0, 0.1) is 6.92 Å². The number of nitrogens with one attached hydrogen (secondary N) is 1. The summed E-state index contributed by atoms with van der Waals surface area (Å²) in [5.41, 5.74) is 5.60. The fourth-order valence-electron chi connectivity index (χ4n) is 3.60. The molecule has 2 heteroatoms. The van der Waals surface area contributed by atoms with Gasteiger partial charge >= 0.3 is 0 Å². The lowest BCUT2D eigenvalue weighted by atomic mass is 9.77. The molecule has 1 aliphatic carbocycles. The molecule has 2 aromatic rings. The fraction of sp³-hybridized carbons (Fsp3) is 0.421. The van der Waals surface area contributed by atoms with Crippen molar-refractivity contribution < 1.29 is 0 Å². The highest BCUT2D eigenvalue weighted by atomic mass is 14.9. The van der Waals surface area contributed by atoms with Gasteiger partial charge in [-0.05, 0) is 55.0 Å². The van der Waals surface area contributed by atoms with Crippen molar-refractivity contribution >= 4 is 0 Å². The van der Waals surface area contributed by atoms with Gasteiger partial charge in [0.2, 0.25) is 0 Å². The molecule has 1 aliphatic rings. The molecular weight excluding hydrogens is 256 g/mol. The lowest BCUT2D eigenvalue weighted by Crippen LogP contribution is -2.29. The van der Waals surface area contributed by atoms with Crippen LogP contribution < -0.4 is 5.32 Å². The molecule has 0 radical (unpaired) electrons. The highest BCUT2D eigenvalue weighted by molar-refractivity contribution is 5.36. The first-order chi connectivity index (χ1) is 10.3. The molecule has 110 valence electrons. The molecule has 0 saturated carbocycles. The first kappa shape index (κ1) is 14.3. The molecular formula is C19H24N2. The van der Waals surface area contributed by atoms with E-state index in [2.05, 4.69) is 54.5 Å². The third kappa shape index (κ3) is 3.01. The maximum Gasteiger partial charge on any atom is 0.0405 e. The molecule has 1 heterocycles. The van der Waals surface area contributed by atoms with E-state index in [9.17, 15) is 0 Å². The maximum absolute atomic E-state index is 4.40. The average molecular weight is 280 g/mol. The summed E-state index contributed by atoms with van der Waals surface area (Å²) in [4.78, 5) is 4.40. The lowest BCUT2D eigenvalue weighted by molar-refractivity contribution is 0.408. The summed E-state index contributed by atoms with van der Waals surface area (Å²) in [7, 11) is 0. The molecule has 0 aliphatic heterocycles. The molecule has 2 atom stereocenters. The van der Waals surface area contributed by atoms with Gasteiger partial charge in [-0.1, -0.05) is 37.3 Å². The number of aryl methyl sites for hydroxylation is 2. The van der Waals surface area contributed by atoms with E-state index in [0.717, 1.165) is 6.54 Å². The molecule has 0 fully saturated rings. The van der Waals surface area contributed by atoms with Crippen LogP contribution in [-0.4, -0.2) is 11.5 Å². The monoisotopic (exact) mass is 280 g/mol. The van der Waals surface area contributed by atoms with Gasteiger partial charge in [-0.25, -0.2) is 0 Å². The summed E-state index contributed by atoms with van der Waals surface area (Å²) in [6.45, 7) is 5.29. The Balaban J connectivity index is 1.99. The highest BCUT2D eigenvalue weighted by Crippen LogP contribution is 2.40. The van der Waals surface area contributed by atoms with E-state index in [1.807, 2.05) is 12.4 Å². The fourth-order valence-corrected chi connectivity index (χ4v) is 3.60.